The number of hydrogen-bond acceptors (Lipinski definition) is 3. The monoisotopic (exact) mass is 207 g/mol. The van der Waals surface area contributed by atoms with E-state index in [1.165, 1.54) is 0 Å². The summed E-state index contributed by atoms with van der Waals surface area (Å²) in [4.78, 5) is 11.6. The zero-order chi connectivity index (χ0) is 10.8. The Morgan fingerprint density at radius 3 is 3.20 bits per heavy atom. The van der Waals surface area contributed by atoms with Gasteiger partial charge >= 0.3 is 0 Å². The van der Waals surface area contributed by atoms with Gasteiger partial charge in [0, 0.05) is 18.7 Å². The molecule has 0 saturated heterocycles. The fourth-order valence-electron chi connectivity index (χ4n) is 2.03. The second kappa shape index (κ2) is 4.14. The molecule has 1 heterocycles. The van der Waals surface area contributed by atoms with Crippen LogP contribution in [0.25, 0.3) is 0 Å². The van der Waals surface area contributed by atoms with Crippen molar-refractivity contribution in [2.75, 3.05) is 0 Å². The second-order valence-corrected chi connectivity index (χ2v) is 4.18. The van der Waals surface area contributed by atoms with Crippen molar-refractivity contribution in [1.82, 2.24) is 9.78 Å². The Balaban J connectivity index is 2.37. The molecule has 1 aliphatic rings. The van der Waals surface area contributed by atoms with Gasteiger partial charge in [0.25, 0.3) is 5.56 Å². The summed E-state index contributed by atoms with van der Waals surface area (Å²) in [7, 11) is 0. The van der Waals surface area contributed by atoms with Crippen molar-refractivity contribution in [1.29, 1.82) is 0 Å². The topological polar surface area (TPSA) is 60.9 Å². The largest absolute Gasteiger partial charge is 0.327 e. The number of rotatable bonds is 2. The first-order valence-electron chi connectivity index (χ1n) is 5.56. The predicted molar refractivity (Wildman–Crippen MR) is 58.8 cm³/mol. The highest BCUT2D eigenvalue weighted by atomic mass is 16.1. The predicted octanol–water partition coefficient (Wildman–Crippen LogP) is 0.469. The van der Waals surface area contributed by atoms with Gasteiger partial charge < -0.3 is 5.73 Å². The van der Waals surface area contributed by atoms with E-state index < -0.39 is 0 Å². The van der Waals surface area contributed by atoms with Crippen LogP contribution in [0.3, 0.4) is 0 Å². The van der Waals surface area contributed by atoms with Gasteiger partial charge in [-0.05, 0) is 31.2 Å². The molecule has 4 nitrogen and oxygen atoms in total. The molecule has 15 heavy (non-hydrogen) atoms. The van der Waals surface area contributed by atoms with Crippen molar-refractivity contribution in [3.8, 4) is 0 Å². The molecule has 1 aromatic rings. The fourth-order valence-corrected chi connectivity index (χ4v) is 2.03. The summed E-state index contributed by atoms with van der Waals surface area (Å²) < 4.78 is 1.57. The van der Waals surface area contributed by atoms with E-state index in [9.17, 15) is 4.79 Å². The number of nitrogens with two attached hydrogens (primary N) is 1. The van der Waals surface area contributed by atoms with E-state index in [0.717, 1.165) is 36.9 Å². The summed E-state index contributed by atoms with van der Waals surface area (Å²) in [6, 6.07) is 1.90. The van der Waals surface area contributed by atoms with Crippen LogP contribution in [-0.4, -0.2) is 15.8 Å². The van der Waals surface area contributed by atoms with E-state index in [1.807, 2.05) is 6.92 Å². The Hall–Kier alpha value is -1.16. The number of aryl methyl sites for hydroxylation is 2. The van der Waals surface area contributed by atoms with Gasteiger partial charge in [0.2, 0.25) is 0 Å². The van der Waals surface area contributed by atoms with E-state index in [0.29, 0.717) is 6.54 Å². The number of aromatic nitrogens is 2. The Morgan fingerprint density at radius 2 is 2.47 bits per heavy atom. The van der Waals surface area contributed by atoms with E-state index in [4.69, 9.17) is 5.73 Å². The molecule has 2 N–H and O–H groups in total. The van der Waals surface area contributed by atoms with E-state index in [-0.39, 0.29) is 11.6 Å². The Morgan fingerprint density at radius 1 is 1.67 bits per heavy atom. The first-order chi connectivity index (χ1) is 7.20. The highest BCUT2D eigenvalue weighted by molar-refractivity contribution is 5.22. The van der Waals surface area contributed by atoms with E-state index in [1.54, 1.807) is 10.7 Å². The highest BCUT2D eigenvalue weighted by Gasteiger charge is 2.17. The Bertz CT molecular complexity index is 411. The van der Waals surface area contributed by atoms with Crippen LogP contribution in [0.2, 0.25) is 0 Å². The molecule has 0 aromatic carbocycles. The van der Waals surface area contributed by atoms with Gasteiger partial charge in [-0.25, -0.2) is 4.68 Å². The van der Waals surface area contributed by atoms with Crippen molar-refractivity contribution in [2.45, 2.75) is 45.2 Å². The molecule has 0 saturated carbocycles. The van der Waals surface area contributed by atoms with Crippen molar-refractivity contribution in [3.63, 3.8) is 0 Å². The average molecular weight is 207 g/mol. The molecule has 1 aromatic heterocycles. The lowest BCUT2D eigenvalue weighted by molar-refractivity contribution is 0.508. The molecule has 0 bridgehead atoms. The van der Waals surface area contributed by atoms with E-state index >= 15 is 0 Å². The lowest BCUT2D eigenvalue weighted by atomic mass is 9.93. The van der Waals surface area contributed by atoms with Crippen LogP contribution in [0, 0.1) is 0 Å². The maximum Gasteiger partial charge on any atom is 0.267 e. The minimum Gasteiger partial charge on any atom is -0.327 e. The second-order valence-electron chi connectivity index (χ2n) is 4.18. The molecule has 0 aliphatic heterocycles. The van der Waals surface area contributed by atoms with Gasteiger partial charge in [-0.1, -0.05) is 6.92 Å². The number of fused-ring (bicyclic) bond motifs is 1. The first-order valence-corrected chi connectivity index (χ1v) is 5.56. The van der Waals surface area contributed by atoms with Crippen LogP contribution < -0.4 is 11.3 Å². The molecular formula is C11H17N3O. The average Bonchev–Trinajstić information content (AvgIpc) is 2.20. The minimum absolute atomic E-state index is 0.00435. The molecule has 4 heteroatoms. The molecule has 1 aliphatic carbocycles. The zero-order valence-electron chi connectivity index (χ0n) is 9.07. The van der Waals surface area contributed by atoms with Crippen molar-refractivity contribution in [2.24, 2.45) is 5.73 Å². The maximum atomic E-state index is 11.6. The van der Waals surface area contributed by atoms with Crippen LogP contribution >= 0.6 is 0 Å². The normalized spacial score (nSPS) is 20.0. The van der Waals surface area contributed by atoms with Gasteiger partial charge in [0.1, 0.15) is 0 Å². The SMILES string of the molecule is CCCn1nc2c(cc1=O)C[C@H](N)CC2. The summed E-state index contributed by atoms with van der Waals surface area (Å²) in [5, 5.41) is 4.39. The summed E-state index contributed by atoms with van der Waals surface area (Å²) in [5.74, 6) is 0. The molecule has 1 atom stereocenters. The van der Waals surface area contributed by atoms with E-state index in [2.05, 4.69) is 5.10 Å². The zero-order valence-corrected chi connectivity index (χ0v) is 9.07. The molecule has 0 amide bonds. The van der Waals surface area contributed by atoms with Crippen molar-refractivity contribution < 1.29 is 0 Å². The van der Waals surface area contributed by atoms with Crippen LogP contribution in [0.15, 0.2) is 10.9 Å². The minimum atomic E-state index is 0.00435. The van der Waals surface area contributed by atoms with Crippen LogP contribution in [0.4, 0.5) is 0 Å². The van der Waals surface area contributed by atoms with Crippen molar-refractivity contribution in [3.05, 3.63) is 27.7 Å². The summed E-state index contributed by atoms with van der Waals surface area (Å²) in [6.07, 6.45) is 3.61. The third-order valence-electron chi connectivity index (χ3n) is 2.83. The van der Waals surface area contributed by atoms with Gasteiger partial charge in [0.05, 0.1) is 5.69 Å². The molecule has 0 unspecified atom stereocenters. The third-order valence-corrected chi connectivity index (χ3v) is 2.83. The first kappa shape index (κ1) is 10.4. The summed E-state index contributed by atoms with van der Waals surface area (Å²) in [5.41, 5.74) is 7.97. The summed E-state index contributed by atoms with van der Waals surface area (Å²) >= 11 is 0. The van der Waals surface area contributed by atoms with Gasteiger partial charge in [0.15, 0.2) is 0 Å². The van der Waals surface area contributed by atoms with Crippen LogP contribution in [0.5, 0.6) is 0 Å². The van der Waals surface area contributed by atoms with Crippen molar-refractivity contribution >= 4 is 0 Å². The molecule has 0 radical (unpaired) electrons. The maximum absolute atomic E-state index is 11.6. The molecule has 82 valence electrons. The molecule has 2 rings (SSSR count). The third kappa shape index (κ3) is 2.09. The Labute approximate surface area is 89.1 Å². The lowest BCUT2D eigenvalue weighted by Crippen LogP contribution is -2.33. The summed E-state index contributed by atoms with van der Waals surface area (Å²) in [6.45, 7) is 2.75. The van der Waals surface area contributed by atoms with Gasteiger partial charge in [-0.15, -0.1) is 0 Å². The number of nitrogens with zero attached hydrogens (tertiary/aromatic N) is 2. The Kier molecular flexibility index (Phi) is 2.86. The van der Waals surface area contributed by atoms with Gasteiger partial charge in [-0.2, -0.15) is 5.10 Å². The lowest BCUT2D eigenvalue weighted by Gasteiger charge is -2.20. The highest BCUT2D eigenvalue weighted by Crippen LogP contribution is 2.16. The van der Waals surface area contributed by atoms with Crippen LogP contribution in [0.1, 0.15) is 31.0 Å². The van der Waals surface area contributed by atoms with Gasteiger partial charge in [-0.3, -0.25) is 4.79 Å². The quantitative estimate of drug-likeness (QED) is 0.766. The number of hydrogen-bond donors (Lipinski definition) is 1. The standard InChI is InChI=1S/C11H17N3O/c1-2-5-14-11(15)7-8-6-9(12)3-4-10(8)13-14/h7,9H,2-6,12H2,1H3/t9-/m1/s1. The van der Waals surface area contributed by atoms with Crippen LogP contribution in [-0.2, 0) is 19.4 Å². The smallest absolute Gasteiger partial charge is 0.267 e. The fraction of sp³-hybridized carbons (Fsp3) is 0.636. The molecule has 0 spiro atoms. The molecule has 0 fully saturated rings. The molecular weight excluding hydrogens is 190 g/mol.